The molecule has 4 N–H and O–H groups in total. The van der Waals surface area contributed by atoms with Crippen LogP contribution in [0.25, 0.3) is 28.2 Å². The van der Waals surface area contributed by atoms with Crippen LogP contribution in [0, 0.1) is 0 Å². The van der Waals surface area contributed by atoms with Crippen molar-refractivity contribution >= 4 is 16.7 Å². The average Bonchev–Trinajstić information content (AvgIpc) is 3.22. The number of imidazole rings is 1. The molecule has 0 unspecified atom stereocenters. The Morgan fingerprint density at radius 2 is 2.04 bits per heavy atom. The van der Waals surface area contributed by atoms with Crippen molar-refractivity contribution in [2.24, 2.45) is 0 Å². The van der Waals surface area contributed by atoms with Gasteiger partial charge in [-0.2, -0.15) is 5.10 Å². The van der Waals surface area contributed by atoms with E-state index in [0.29, 0.717) is 6.04 Å². The molecule has 1 saturated heterocycles. The largest absolute Gasteiger partial charge is 0.382 e. The lowest BCUT2D eigenvalue weighted by molar-refractivity contribution is 0.425. The molecule has 0 amide bonds. The Hall–Kier alpha value is -2.60. The first-order valence-corrected chi connectivity index (χ1v) is 7.96. The third-order valence-corrected chi connectivity index (χ3v) is 4.31. The second-order valence-corrected chi connectivity index (χ2v) is 5.91. The van der Waals surface area contributed by atoms with E-state index in [1.807, 2.05) is 24.3 Å². The highest BCUT2D eigenvalue weighted by molar-refractivity contribution is 5.81. The fourth-order valence-corrected chi connectivity index (χ4v) is 3.06. The molecule has 118 valence electrons. The third kappa shape index (κ3) is 2.73. The van der Waals surface area contributed by atoms with Crippen LogP contribution in [0.3, 0.4) is 0 Å². The van der Waals surface area contributed by atoms with Gasteiger partial charge >= 0.3 is 0 Å². The lowest BCUT2D eigenvalue weighted by Gasteiger charge is -2.25. The smallest absolute Gasteiger partial charge is 0.157 e. The van der Waals surface area contributed by atoms with Crippen LogP contribution >= 0.6 is 0 Å². The summed E-state index contributed by atoms with van der Waals surface area (Å²) in [5.74, 6) is 0.784. The minimum atomic E-state index is 0.460. The van der Waals surface area contributed by atoms with Crippen molar-refractivity contribution in [1.82, 2.24) is 30.8 Å². The second-order valence-electron chi connectivity index (χ2n) is 5.91. The van der Waals surface area contributed by atoms with E-state index in [2.05, 4.69) is 37.4 Å². The summed E-state index contributed by atoms with van der Waals surface area (Å²) in [7, 11) is 0. The summed E-state index contributed by atoms with van der Waals surface area (Å²) >= 11 is 0. The molecule has 4 rings (SSSR count). The Kier molecular flexibility index (Phi) is 3.59. The molecule has 1 aliphatic heterocycles. The van der Waals surface area contributed by atoms with Crippen molar-refractivity contribution in [1.29, 1.82) is 0 Å². The van der Waals surface area contributed by atoms with Crippen molar-refractivity contribution in [2.45, 2.75) is 18.9 Å². The summed E-state index contributed by atoms with van der Waals surface area (Å²) in [5, 5.41) is 14.1. The van der Waals surface area contributed by atoms with E-state index < -0.39 is 0 Å². The molecular formula is C17H20N6. The molecular weight excluding hydrogens is 288 g/mol. The zero-order valence-corrected chi connectivity index (χ0v) is 12.9. The summed E-state index contributed by atoms with van der Waals surface area (Å²) in [6.45, 7) is 6.29. The molecule has 0 atom stereocenters. The first-order valence-electron chi connectivity index (χ1n) is 7.96. The van der Waals surface area contributed by atoms with Gasteiger partial charge in [0.15, 0.2) is 5.82 Å². The van der Waals surface area contributed by atoms with Gasteiger partial charge in [0.05, 0.1) is 17.2 Å². The first-order chi connectivity index (χ1) is 11.3. The number of para-hydroxylation sites is 2. The van der Waals surface area contributed by atoms with Crippen LogP contribution in [-0.4, -0.2) is 39.3 Å². The molecule has 0 bridgehead atoms. The Labute approximate surface area is 134 Å². The van der Waals surface area contributed by atoms with Crippen molar-refractivity contribution < 1.29 is 0 Å². The Morgan fingerprint density at radius 1 is 1.22 bits per heavy atom. The number of nitrogens with zero attached hydrogens (tertiary/aromatic N) is 2. The van der Waals surface area contributed by atoms with Gasteiger partial charge in [-0.15, -0.1) is 0 Å². The zero-order valence-electron chi connectivity index (χ0n) is 12.9. The number of aromatic amines is 2. The van der Waals surface area contributed by atoms with Crippen LogP contribution < -0.4 is 10.6 Å². The maximum Gasteiger partial charge on any atom is 0.157 e. The normalized spacial score (nSPS) is 15.8. The topological polar surface area (TPSA) is 81.4 Å². The van der Waals surface area contributed by atoms with E-state index in [0.717, 1.165) is 59.7 Å². The van der Waals surface area contributed by atoms with Gasteiger partial charge in [-0.3, -0.25) is 5.10 Å². The Balaban J connectivity index is 1.61. The third-order valence-electron chi connectivity index (χ3n) is 4.31. The maximum absolute atomic E-state index is 4.64. The van der Waals surface area contributed by atoms with Gasteiger partial charge in [-0.1, -0.05) is 18.7 Å². The van der Waals surface area contributed by atoms with E-state index in [-0.39, 0.29) is 0 Å². The van der Waals surface area contributed by atoms with Crippen LogP contribution in [0.5, 0.6) is 0 Å². The zero-order chi connectivity index (χ0) is 15.6. The fourth-order valence-electron chi connectivity index (χ4n) is 3.06. The van der Waals surface area contributed by atoms with Crippen molar-refractivity contribution in [2.75, 3.05) is 13.1 Å². The fraction of sp³-hybridized carbons (Fsp3) is 0.294. The highest BCUT2D eigenvalue weighted by Crippen LogP contribution is 2.25. The lowest BCUT2D eigenvalue weighted by atomic mass is 10.1. The minimum Gasteiger partial charge on any atom is -0.382 e. The molecule has 0 aliphatic carbocycles. The van der Waals surface area contributed by atoms with Gasteiger partial charge in [0.1, 0.15) is 5.69 Å². The molecule has 6 nitrogen and oxygen atoms in total. The number of aromatic nitrogens is 4. The standard InChI is InChI=1S/C17H20N6/c1-11(20-12-6-8-18-9-7-12)13-10-19-23-16(13)17-21-14-4-2-3-5-15(14)22-17/h2-5,10,12,18,20H,1,6-9H2,(H,19,23)(H,21,22). The summed E-state index contributed by atoms with van der Waals surface area (Å²) in [5.41, 5.74) is 4.68. The first kappa shape index (κ1) is 14.0. The summed E-state index contributed by atoms with van der Waals surface area (Å²) in [4.78, 5) is 7.97. The predicted octanol–water partition coefficient (Wildman–Crippen LogP) is 2.27. The van der Waals surface area contributed by atoms with Gasteiger partial charge in [0.25, 0.3) is 0 Å². The number of nitrogens with one attached hydrogen (secondary N) is 4. The molecule has 23 heavy (non-hydrogen) atoms. The van der Waals surface area contributed by atoms with Gasteiger partial charge in [0.2, 0.25) is 0 Å². The number of hydrogen-bond donors (Lipinski definition) is 4. The molecule has 3 heterocycles. The van der Waals surface area contributed by atoms with E-state index in [1.165, 1.54) is 0 Å². The van der Waals surface area contributed by atoms with Gasteiger partial charge in [-0.25, -0.2) is 4.98 Å². The molecule has 3 aromatic rings. The van der Waals surface area contributed by atoms with Crippen molar-refractivity contribution in [3.63, 3.8) is 0 Å². The summed E-state index contributed by atoms with van der Waals surface area (Å²) < 4.78 is 0. The van der Waals surface area contributed by atoms with E-state index in [4.69, 9.17) is 0 Å². The monoisotopic (exact) mass is 308 g/mol. The minimum absolute atomic E-state index is 0.460. The number of H-pyrrole nitrogens is 2. The van der Waals surface area contributed by atoms with Gasteiger partial charge in [-0.05, 0) is 38.1 Å². The summed E-state index contributed by atoms with van der Waals surface area (Å²) in [6.07, 6.45) is 4.02. The second kappa shape index (κ2) is 5.89. The van der Waals surface area contributed by atoms with E-state index in [1.54, 1.807) is 6.20 Å². The lowest BCUT2D eigenvalue weighted by Crippen LogP contribution is -2.38. The van der Waals surface area contributed by atoms with E-state index >= 15 is 0 Å². The number of fused-ring (bicyclic) bond motifs is 1. The molecule has 6 heteroatoms. The van der Waals surface area contributed by atoms with Gasteiger partial charge in [0, 0.05) is 17.3 Å². The molecule has 0 saturated carbocycles. The van der Waals surface area contributed by atoms with Gasteiger partial charge < -0.3 is 15.6 Å². The molecule has 1 aromatic carbocycles. The molecule has 0 radical (unpaired) electrons. The summed E-state index contributed by atoms with van der Waals surface area (Å²) in [6, 6.07) is 8.45. The molecule has 0 spiro atoms. The highest BCUT2D eigenvalue weighted by atomic mass is 15.1. The quantitative estimate of drug-likeness (QED) is 0.596. The van der Waals surface area contributed by atoms with Crippen molar-refractivity contribution in [3.8, 4) is 11.5 Å². The highest BCUT2D eigenvalue weighted by Gasteiger charge is 2.18. The number of piperidine rings is 1. The molecule has 1 aliphatic rings. The average molecular weight is 308 g/mol. The molecule has 1 fully saturated rings. The predicted molar refractivity (Wildman–Crippen MR) is 91.7 cm³/mol. The SMILES string of the molecule is C=C(NC1CCNCC1)c1cn[nH]c1-c1nc2ccccc2[nH]1. The van der Waals surface area contributed by atoms with Crippen LogP contribution in [0.4, 0.5) is 0 Å². The Bertz CT molecular complexity index is 791. The Morgan fingerprint density at radius 3 is 2.87 bits per heavy atom. The molecule has 2 aromatic heterocycles. The van der Waals surface area contributed by atoms with Crippen LogP contribution in [0.15, 0.2) is 37.0 Å². The maximum atomic E-state index is 4.64. The van der Waals surface area contributed by atoms with Crippen LogP contribution in [0.1, 0.15) is 18.4 Å². The van der Waals surface area contributed by atoms with Crippen LogP contribution in [0.2, 0.25) is 0 Å². The van der Waals surface area contributed by atoms with Crippen molar-refractivity contribution in [3.05, 3.63) is 42.6 Å². The number of rotatable bonds is 4. The number of benzene rings is 1. The van der Waals surface area contributed by atoms with Crippen LogP contribution in [-0.2, 0) is 0 Å². The number of hydrogen-bond acceptors (Lipinski definition) is 4. The van der Waals surface area contributed by atoms with E-state index in [9.17, 15) is 0 Å².